The summed E-state index contributed by atoms with van der Waals surface area (Å²) in [7, 11) is 0. The third-order valence-corrected chi connectivity index (χ3v) is 4.44. The Bertz CT molecular complexity index is 250. The van der Waals surface area contributed by atoms with Gasteiger partial charge in [-0.3, -0.25) is 4.79 Å². The summed E-state index contributed by atoms with van der Waals surface area (Å²) in [5.74, 6) is -1.10. The van der Waals surface area contributed by atoms with Crippen molar-refractivity contribution in [3.63, 3.8) is 0 Å². The molecule has 0 amide bonds. The lowest BCUT2D eigenvalue weighted by atomic mass is 9.71. The van der Waals surface area contributed by atoms with Crippen molar-refractivity contribution in [1.29, 1.82) is 0 Å². The lowest BCUT2D eigenvalue weighted by Gasteiger charge is -2.37. The lowest BCUT2D eigenvalue weighted by molar-refractivity contribution is -0.157. The summed E-state index contributed by atoms with van der Waals surface area (Å²) in [4.78, 5) is 11.4. The number of carboxylic acid groups (broad SMARTS) is 1. The molecule has 0 heterocycles. The van der Waals surface area contributed by atoms with Gasteiger partial charge in [-0.2, -0.15) is 0 Å². The maximum absolute atomic E-state index is 11.4. The van der Waals surface area contributed by atoms with Gasteiger partial charge in [0, 0.05) is 0 Å². The van der Waals surface area contributed by atoms with Crippen LogP contribution < -0.4 is 0 Å². The molecule has 2 aliphatic carbocycles. The molecule has 2 aliphatic rings. The molecule has 3 nitrogen and oxygen atoms in total. The molecule has 2 fully saturated rings. The van der Waals surface area contributed by atoms with E-state index in [1.54, 1.807) is 0 Å². The zero-order valence-corrected chi connectivity index (χ0v) is 9.82. The van der Waals surface area contributed by atoms with Gasteiger partial charge in [0.05, 0.1) is 11.5 Å². The molecule has 2 N–H and O–H groups in total. The SMILES string of the molecule is O=C(O)[C@H](C1CCCCC1)C1(O)CCCC1. The Morgan fingerprint density at radius 3 is 2.12 bits per heavy atom. The number of carbonyl (C=O) groups is 1. The molecule has 0 aromatic rings. The molecule has 0 saturated heterocycles. The highest BCUT2D eigenvalue weighted by molar-refractivity contribution is 5.72. The molecule has 92 valence electrons. The van der Waals surface area contributed by atoms with Crippen LogP contribution in [0.3, 0.4) is 0 Å². The van der Waals surface area contributed by atoms with Gasteiger partial charge < -0.3 is 10.2 Å². The number of aliphatic carboxylic acids is 1. The number of carboxylic acids is 1. The fourth-order valence-electron chi connectivity index (χ4n) is 3.64. The van der Waals surface area contributed by atoms with Gasteiger partial charge in [0.25, 0.3) is 0 Å². The molecule has 0 unspecified atom stereocenters. The monoisotopic (exact) mass is 226 g/mol. The minimum atomic E-state index is -0.909. The van der Waals surface area contributed by atoms with E-state index in [2.05, 4.69) is 0 Å². The van der Waals surface area contributed by atoms with Crippen LogP contribution in [0.4, 0.5) is 0 Å². The van der Waals surface area contributed by atoms with Crippen molar-refractivity contribution in [2.75, 3.05) is 0 Å². The highest BCUT2D eigenvalue weighted by atomic mass is 16.4. The van der Waals surface area contributed by atoms with Gasteiger partial charge in [0.15, 0.2) is 0 Å². The molecule has 2 saturated carbocycles. The summed E-state index contributed by atoms with van der Waals surface area (Å²) in [5.41, 5.74) is -0.909. The standard InChI is InChI=1S/C13H22O3/c14-12(15)11(10-6-2-1-3-7-10)13(16)8-4-5-9-13/h10-11,16H,1-9H2,(H,14,15)/t11-/m0/s1. The molecule has 2 rings (SSSR count). The van der Waals surface area contributed by atoms with Crippen molar-refractivity contribution in [1.82, 2.24) is 0 Å². The Morgan fingerprint density at radius 1 is 1.06 bits per heavy atom. The van der Waals surface area contributed by atoms with Crippen molar-refractivity contribution < 1.29 is 15.0 Å². The van der Waals surface area contributed by atoms with Crippen LogP contribution in [0.1, 0.15) is 57.8 Å². The maximum atomic E-state index is 11.4. The van der Waals surface area contributed by atoms with Gasteiger partial charge in [-0.15, -0.1) is 0 Å². The first-order valence-corrected chi connectivity index (χ1v) is 6.59. The summed E-state index contributed by atoms with van der Waals surface area (Å²) >= 11 is 0. The van der Waals surface area contributed by atoms with Gasteiger partial charge in [0.1, 0.15) is 0 Å². The largest absolute Gasteiger partial charge is 0.481 e. The second kappa shape index (κ2) is 4.74. The van der Waals surface area contributed by atoms with Crippen LogP contribution in [0.5, 0.6) is 0 Å². The first kappa shape index (κ1) is 11.9. The van der Waals surface area contributed by atoms with Gasteiger partial charge in [0.2, 0.25) is 0 Å². The molecule has 0 spiro atoms. The van der Waals surface area contributed by atoms with Gasteiger partial charge in [-0.1, -0.05) is 32.1 Å². The number of hydrogen-bond donors (Lipinski definition) is 2. The van der Waals surface area contributed by atoms with E-state index in [0.717, 1.165) is 38.5 Å². The summed E-state index contributed by atoms with van der Waals surface area (Å²) in [6.07, 6.45) is 8.77. The zero-order chi connectivity index (χ0) is 11.6. The van der Waals surface area contributed by atoms with E-state index in [1.807, 2.05) is 0 Å². The van der Waals surface area contributed by atoms with Crippen LogP contribution in [0.2, 0.25) is 0 Å². The Hall–Kier alpha value is -0.570. The predicted molar refractivity (Wildman–Crippen MR) is 61.1 cm³/mol. The van der Waals surface area contributed by atoms with Gasteiger partial charge in [-0.05, 0) is 31.6 Å². The van der Waals surface area contributed by atoms with Gasteiger partial charge >= 0.3 is 5.97 Å². The Kier molecular flexibility index (Phi) is 3.53. The van der Waals surface area contributed by atoms with Gasteiger partial charge in [-0.25, -0.2) is 0 Å². The van der Waals surface area contributed by atoms with Crippen molar-refractivity contribution in [3.05, 3.63) is 0 Å². The van der Waals surface area contributed by atoms with Crippen molar-refractivity contribution >= 4 is 5.97 Å². The van der Waals surface area contributed by atoms with E-state index >= 15 is 0 Å². The minimum Gasteiger partial charge on any atom is -0.481 e. The molecule has 3 heteroatoms. The van der Waals surface area contributed by atoms with Crippen molar-refractivity contribution in [3.8, 4) is 0 Å². The fourth-order valence-corrected chi connectivity index (χ4v) is 3.64. The summed E-state index contributed by atoms with van der Waals surface area (Å²) < 4.78 is 0. The highest BCUT2D eigenvalue weighted by Crippen LogP contribution is 2.43. The lowest BCUT2D eigenvalue weighted by Crippen LogP contribution is -2.45. The van der Waals surface area contributed by atoms with Crippen molar-refractivity contribution in [2.45, 2.75) is 63.4 Å². The number of aliphatic hydroxyl groups is 1. The fraction of sp³-hybridized carbons (Fsp3) is 0.923. The highest BCUT2D eigenvalue weighted by Gasteiger charge is 2.47. The van der Waals surface area contributed by atoms with E-state index in [0.29, 0.717) is 12.8 Å². The van der Waals surface area contributed by atoms with E-state index in [1.165, 1.54) is 6.42 Å². The smallest absolute Gasteiger partial charge is 0.309 e. The normalized spacial score (nSPS) is 27.8. The topological polar surface area (TPSA) is 57.5 Å². The summed E-state index contributed by atoms with van der Waals surface area (Å²) in [5, 5.41) is 19.9. The molecule has 16 heavy (non-hydrogen) atoms. The average molecular weight is 226 g/mol. The van der Waals surface area contributed by atoms with Crippen LogP contribution in [0.25, 0.3) is 0 Å². The molecule has 0 aromatic heterocycles. The number of hydrogen-bond acceptors (Lipinski definition) is 2. The van der Waals surface area contributed by atoms with E-state index in [-0.39, 0.29) is 5.92 Å². The van der Waals surface area contributed by atoms with Crippen LogP contribution in [0, 0.1) is 11.8 Å². The summed E-state index contributed by atoms with van der Waals surface area (Å²) in [6.45, 7) is 0. The quantitative estimate of drug-likeness (QED) is 0.777. The predicted octanol–water partition coefficient (Wildman–Crippen LogP) is 2.57. The number of rotatable bonds is 3. The maximum Gasteiger partial charge on any atom is 0.309 e. The van der Waals surface area contributed by atoms with Crippen LogP contribution >= 0.6 is 0 Å². The van der Waals surface area contributed by atoms with Crippen molar-refractivity contribution in [2.24, 2.45) is 11.8 Å². The Labute approximate surface area is 96.9 Å². The minimum absolute atomic E-state index is 0.203. The Morgan fingerprint density at radius 2 is 1.62 bits per heavy atom. The third-order valence-electron chi connectivity index (χ3n) is 4.44. The van der Waals surface area contributed by atoms with Crippen LogP contribution in [-0.2, 0) is 4.79 Å². The van der Waals surface area contributed by atoms with E-state index < -0.39 is 17.5 Å². The summed E-state index contributed by atoms with van der Waals surface area (Å²) in [6, 6.07) is 0. The molecular formula is C13H22O3. The molecule has 0 bridgehead atoms. The molecule has 0 aromatic carbocycles. The molecule has 0 radical (unpaired) electrons. The second-order valence-electron chi connectivity index (χ2n) is 5.52. The average Bonchev–Trinajstić information content (AvgIpc) is 2.67. The Balaban J connectivity index is 2.12. The molecule has 1 atom stereocenters. The van der Waals surface area contributed by atoms with Crippen LogP contribution in [0.15, 0.2) is 0 Å². The second-order valence-corrected chi connectivity index (χ2v) is 5.52. The molecule has 0 aliphatic heterocycles. The third kappa shape index (κ3) is 2.24. The molecular weight excluding hydrogens is 204 g/mol. The zero-order valence-electron chi connectivity index (χ0n) is 9.82. The first-order chi connectivity index (χ1) is 7.63. The van der Waals surface area contributed by atoms with Crippen LogP contribution in [-0.4, -0.2) is 21.8 Å². The van der Waals surface area contributed by atoms with E-state index in [9.17, 15) is 15.0 Å². The van der Waals surface area contributed by atoms with E-state index in [4.69, 9.17) is 0 Å². The first-order valence-electron chi connectivity index (χ1n) is 6.59.